The Bertz CT molecular complexity index is 390. The van der Waals surface area contributed by atoms with Crippen molar-refractivity contribution in [3.63, 3.8) is 0 Å². The van der Waals surface area contributed by atoms with E-state index in [1.54, 1.807) is 0 Å². The molecular weight excluding hydrogens is 223 g/mol. The van der Waals surface area contributed by atoms with E-state index in [9.17, 15) is 18.0 Å². The third-order valence-electron chi connectivity index (χ3n) is 2.03. The zero-order valence-corrected chi connectivity index (χ0v) is 8.16. The van der Waals surface area contributed by atoms with Crippen LogP contribution in [-0.2, 0) is 17.4 Å². The molecular formula is C10H10F3NO2. The lowest BCUT2D eigenvalue weighted by Gasteiger charge is -2.10. The molecule has 0 aliphatic carbocycles. The van der Waals surface area contributed by atoms with Crippen molar-refractivity contribution in [3.05, 3.63) is 35.4 Å². The van der Waals surface area contributed by atoms with Crippen LogP contribution >= 0.6 is 0 Å². The van der Waals surface area contributed by atoms with Gasteiger partial charge >= 0.3 is 12.1 Å². The summed E-state index contributed by atoms with van der Waals surface area (Å²) in [4.78, 5) is 10.4. The molecule has 88 valence electrons. The van der Waals surface area contributed by atoms with Crippen molar-refractivity contribution in [1.82, 2.24) is 0 Å². The van der Waals surface area contributed by atoms with Crippen LogP contribution < -0.4 is 5.73 Å². The van der Waals surface area contributed by atoms with Crippen molar-refractivity contribution in [2.45, 2.75) is 18.6 Å². The van der Waals surface area contributed by atoms with Gasteiger partial charge in [0, 0.05) is 0 Å². The Kier molecular flexibility index (Phi) is 3.54. The molecule has 0 radical (unpaired) electrons. The maximum Gasteiger partial charge on any atom is 0.416 e. The Morgan fingerprint density at radius 3 is 2.56 bits per heavy atom. The van der Waals surface area contributed by atoms with Crippen LogP contribution in [0.15, 0.2) is 24.3 Å². The van der Waals surface area contributed by atoms with Crippen LogP contribution in [-0.4, -0.2) is 17.1 Å². The van der Waals surface area contributed by atoms with Crippen LogP contribution in [0.4, 0.5) is 13.2 Å². The fourth-order valence-corrected chi connectivity index (χ4v) is 1.22. The topological polar surface area (TPSA) is 63.3 Å². The normalized spacial score (nSPS) is 13.5. The second-order valence-electron chi connectivity index (χ2n) is 3.35. The van der Waals surface area contributed by atoms with E-state index in [1.165, 1.54) is 12.1 Å². The highest BCUT2D eigenvalue weighted by atomic mass is 19.4. The van der Waals surface area contributed by atoms with Crippen molar-refractivity contribution >= 4 is 5.97 Å². The first-order chi connectivity index (χ1) is 7.30. The molecule has 3 nitrogen and oxygen atoms in total. The van der Waals surface area contributed by atoms with Gasteiger partial charge in [-0.2, -0.15) is 13.2 Å². The highest BCUT2D eigenvalue weighted by molar-refractivity contribution is 5.73. The summed E-state index contributed by atoms with van der Waals surface area (Å²) < 4.78 is 36.9. The lowest BCUT2D eigenvalue weighted by molar-refractivity contribution is -0.138. The molecule has 0 aromatic heterocycles. The number of hydrogen-bond acceptors (Lipinski definition) is 2. The average Bonchev–Trinajstić information content (AvgIpc) is 2.16. The number of carboxylic acids is 1. The van der Waals surface area contributed by atoms with Gasteiger partial charge in [0.2, 0.25) is 0 Å². The molecule has 1 aromatic rings. The first kappa shape index (κ1) is 12.5. The smallest absolute Gasteiger partial charge is 0.416 e. The molecule has 0 aliphatic heterocycles. The second-order valence-corrected chi connectivity index (χ2v) is 3.35. The number of carbonyl (C=O) groups is 1. The second kappa shape index (κ2) is 4.52. The number of nitrogens with two attached hydrogens (primary N) is 1. The highest BCUT2D eigenvalue weighted by Gasteiger charge is 2.30. The molecule has 0 aliphatic rings. The number of aliphatic carboxylic acids is 1. The highest BCUT2D eigenvalue weighted by Crippen LogP contribution is 2.29. The summed E-state index contributed by atoms with van der Waals surface area (Å²) in [5, 5.41) is 8.53. The molecule has 1 rings (SSSR count). The lowest BCUT2D eigenvalue weighted by Crippen LogP contribution is -2.32. The van der Waals surface area contributed by atoms with Gasteiger partial charge in [0.05, 0.1) is 5.56 Å². The quantitative estimate of drug-likeness (QED) is 0.834. The number of alkyl halides is 3. The van der Waals surface area contributed by atoms with E-state index in [2.05, 4.69) is 0 Å². The van der Waals surface area contributed by atoms with Crippen molar-refractivity contribution in [2.24, 2.45) is 5.73 Å². The third kappa shape index (κ3) is 3.23. The first-order valence-corrected chi connectivity index (χ1v) is 4.45. The van der Waals surface area contributed by atoms with Gasteiger partial charge in [-0.15, -0.1) is 0 Å². The minimum absolute atomic E-state index is 0.126. The van der Waals surface area contributed by atoms with E-state index in [0.29, 0.717) is 0 Å². The Morgan fingerprint density at radius 1 is 1.44 bits per heavy atom. The predicted molar refractivity (Wildman–Crippen MR) is 50.8 cm³/mol. The fraction of sp³-hybridized carbons (Fsp3) is 0.300. The molecule has 0 spiro atoms. The van der Waals surface area contributed by atoms with Crippen molar-refractivity contribution in [1.29, 1.82) is 0 Å². The van der Waals surface area contributed by atoms with E-state index < -0.39 is 23.8 Å². The van der Waals surface area contributed by atoms with Gasteiger partial charge in [0.1, 0.15) is 6.04 Å². The van der Waals surface area contributed by atoms with E-state index >= 15 is 0 Å². The SMILES string of the molecule is NC(Cc1cccc(C(F)(F)F)c1)C(=O)O. The van der Waals surface area contributed by atoms with E-state index in [4.69, 9.17) is 10.8 Å². The van der Waals surface area contributed by atoms with Gasteiger partial charge in [-0.05, 0) is 18.1 Å². The van der Waals surface area contributed by atoms with Gasteiger partial charge in [-0.3, -0.25) is 4.79 Å². The van der Waals surface area contributed by atoms with Crippen LogP contribution in [0.1, 0.15) is 11.1 Å². The Morgan fingerprint density at radius 2 is 2.06 bits per heavy atom. The molecule has 1 unspecified atom stereocenters. The molecule has 0 heterocycles. The van der Waals surface area contributed by atoms with Gasteiger partial charge in [-0.1, -0.05) is 18.2 Å². The number of carboxylic acid groups (broad SMARTS) is 1. The van der Waals surface area contributed by atoms with Crippen LogP contribution in [0.5, 0.6) is 0 Å². The van der Waals surface area contributed by atoms with E-state index in [1.807, 2.05) is 0 Å². The maximum atomic E-state index is 12.3. The van der Waals surface area contributed by atoms with Gasteiger partial charge < -0.3 is 10.8 Å². The molecule has 3 N–H and O–H groups in total. The molecule has 6 heteroatoms. The molecule has 0 saturated carbocycles. The van der Waals surface area contributed by atoms with Crippen molar-refractivity contribution in [3.8, 4) is 0 Å². The summed E-state index contributed by atoms with van der Waals surface area (Å²) in [6, 6.07) is 3.28. The van der Waals surface area contributed by atoms with E-state index in [-0.39, 0.29) is 12.0 Å². The molecule has 0 amide bonds. The predicted octanol–water partition coefficient (Wildman–Crippen LogP) is 1.66. The molecule has 1 atom stereocenters. The van der Waals surface area contributed by atoms with Gasteiger partial charge in [0.15, 0.2) is 0 Å². The Balaban J connectivity index is 2.87. The zero-order valence-electron chi connectivity index (χ0n) is 8.16. The van der Waals surface area contributed by atoms with Crippen LogP contribution in [0.25, 0.3) is 0 Å². The Hall–Kier alpha value is -1.56. The summed E-state index contributed by atoms with van der Waals surface area (Å²) in [6.45, 7) is 0. The fourth-order valence-electron chi connectivity index (χ4n) is 1.22. The zero-order chi connectivity index (χ0) is 12.3. The van der Waals surface area contributed by atoms with Gasteiger partial charge in [-0.25, -0.2) is 0 Å². The molecule has 1 aromatic carbocycles. The summed E-state index contributed by atoms with van der Waals surface area (Å²) in [7, 11) is 0. The molecule has 16 heavy (non-hydrogen) atoms. The lowest BCUT2D eigenvalue weighted by atomic mass is 10.0. The summed E-state index contributed by atoms with van der Waals surface area (Å²) >= 11 is 0. The van der Waals surface area contributed by atoms with Crippen LogP contribution in [0.3, 0.4) is 0 Å². The number of halogens is 3. The monoisotopic (exact) mass is 233 g/mol. The largest absolute Gasteiger partial charge is 0.480 e. The first-order valence-electron chi connectivity index (χ1n) is 4.45. The van der Waals surface area contributed by atoms with Crippen molar-refractivity contribution < 1.29 is 23.1 Å². The van der Waals surface area contributed by atoms with Crippen LogP contribution in [0.2, 0.25) is 0 Å². The minimum Gasteiger partial charge on any atom is -0.480 e. The number of rotatable bonds is 3. The van der Waals surface area contributed by atoms with Crippen LogP contribution in [0, 0.1) is 0 Å². The van der Waals surface area contributed by atoms with Crippen molar-refractivity contribution in [2.75, 3.05) is 0 Å². The Labute approximate surface area is 89.7 Å². The molecule has 0 bridgehead atoms. The van der Waals surface area contributed by atoms with E-state index in [0.717, 1.165) is 12.1 Å². The average molecular weight is 233 g/mol. The summed E-state index contributed by atoms with van der Waals surface area (Å²) in [6.07, 6.45) is -4.55. The summed E-state index contributed by atoms with van der Waals surface area (Å²) in [5.41, 5.74) is 4.68. The third-order valence-corrected chi connectivity index (χ3v) is 2.03. The van der Waals surface area contributed by atoms with Gasteiger partial charge in [0.25, 0.3) is 0 Å². The standard InChI is InChI=1S/C10H10F3NO2/c11-10(12,13)7-3-1-2-6(4-7)5-8(14)9(15)16/h1-4,8H,5,14H2,(H,15,16). The molecule has 0 fully saturated rings. The number of benzene rings is 1. The summed E-state index contributed by atoms with van der Waals surface area (Å²) in [5.74, 6) is -1.24. The minimum atomic E-state index is -4.43. The number of hydrogen-bond donors (Lipinski definition) is 2. The maximum absolute atomic E-state index is 12.3. The molecule has 0 saturated heterocycles.